The second kappa shape index (κ2) is 12.9. The Morgan fingerprint density at radius 2 is 1.64 bits per heavy atom. The van der Waals surface area contributed by atoms with Gasteiger partial charge in [0, 0.05) is 22.6 Å². The SMILES string of the molecule is COc1cccc(C=NNC(=O)c2ccc(COc3ccc(-n4c(C)ccc4C)cc3)o2)c1OCc1ccc(F)cc1. The highest BCUT2D eigenvalue weighted by Crippen LogP contribution is 2.31. The minimum absolute atomic E-state index is 0.0954. The zero-order valence-electron chi connectivity index (χ0n) is 23.5. The highest BCUT2D eigenvalue weighted by molar-refractivity contribution is 5.93. The second-order valence-electron chi connectivity index (χ2n) is 9.49. The molecule has 0 aliphatic rings. The lowest BCUT2D eigenvalue weighted by molar-refractivity contribution is 0.0923. The molecular formula is C33H30FN3O5. The van der Waals surface area contributed by atoms with E-state index in [9.17, 15) is 9.18 Å². The largest absolute Gasteiger partial charge is 0.493 e. The molecule has 0 aliphatic heterocycles. The molecule has 2 heterocycles. The van der Waals surface area contributed by atoms with Crippen LogP contribution in [0.2, 0.25) is 0 Å². The number of halogens is 1. The van der Waals surface area contributed by atoms with Crippen LogP contribution in [0.5, 0.6) is 17.2 Å². The first kappa shape index (κ1) is 28.2. The van der Waals surface area contributed by atoms with Crippen molar-refractivity contribution in [2.75, 3.05) is 7.11 Å². The Morgan fingerprint density at radius 1 is 0.905 bits per heavy atom. The van der Waals surface area contributed by atoms with Crippen LogP contribution in [-0.2, 0) is 13.2 Å². The lowest BCUT2D eigenvalue weighted by atomic mass is 10.2. The van der Waals surface area contributed by atoms with Crippen LogP contribution in [0.15, 0.2) is 101 Å². The number of rotatable bonds is 11. The maximum Gasteiger partial charge on any atom is 0.307 e. The first-order chi connectivity index (χ1) is 20.4. The summed E-state index contributed by atoms with van der Waals surface area (Å²) < 4.78 is 38.2. The van der Waals surface area contributed by atoms with Crippen LogP contribution in [0.25, 0.3) is 5.69 Å². The molecule has 5 rings (SSSR count). The van der Waals surface area contributed by atoms with Crippen LogP contribution in [0.1, 0.15) is 38.8 Å². The van der Waals surface area contributed by atoms with Crippen molar-refractivity contribution in [3.63, 3.8) is 0 Å². The molecule has 1 N–H and O–H groups in total. The summed E-state index contributed by atoms with van der Waals surface area (Å²) >= 11 is 0. The maximum atomic E-state index is 13.2. The van der Waals surface area contributed by atoms with Gasteiger partial charge >= 0.3 is 5.91 Å². The number of carbonyl (C=O) groups is 1. The molecule has 0 spiro atoms. The Hall–Kier alpha value is -5.31. The van der Waals surface area contributed by atoms with Crippen molar-refractivity contribution in [2.45, 2.75) is 27.1 Å². The fourth-order valence-corrected chi connectivity index (χ4v) is 4.40. The van der Waals surface area contributed by atoms with E-state index >= 15 is 0 Å². The van der Waals surface area contributed by atoms with Gasteiger partial charge in [0.25, 0.3) is 0 Å². The second-order valence-corrected chi connectivity index (χ2v) is 9.49. The van der Waals surface area contributed by atoms with Gasteiger partial charge in [-0.05, 0) is 92.2 Å². The van der Waals surface area contributed by atoms with Gasteiger partial charge in [-0.2, -0.15) is 5.10 Å². The Morgan fingerprint density at radius 3 is 2.36 bits per heavy atom. The number of hydrazone groups is 1. The maximum absolute atomic E-state index is 13.2. The van der Waals surface area contributed by atoms with Gasteiger partial charge in [0.1, 0.15) is 30.5 Å². The molecule has 1 amide bonds. The summed E-state index contributed by atoms with van der Waals surface area (Å²) in [5.74, 6) is 1.37. The Bertz CT molecular complexity index is 1670. The number of nitrogens with one attached hydrogen (secondary N) is 1. The molecule has 0 saturated carbocycles. The normalized spacial score (nSPS) is 11.0. The molecule has 0 fully saturated rings. The summed E-state index contributed by atoms with van der Waals surface area (Å²) in [4.78, 5) is 12.6. The molecule has 3 aromatic carbocycles. The number of benzene rings is 3. The number of furan rings is 1. The van der Waals surface area contributed by atoms with E-state index in [1.165, 1.54) is 25.5 Å². The summed E-state index contributed by atoms with van der Waals surface area (Å²) in [6, 6.07) is 26.5. The molecule has 214 valence electrons. The van der Waals surface area contributed by atoms with Crippen LogP contribution in [0, 0.1) is 19.7 Å². The van der Waals surface area contributed by atoms with Crippen LogP contribution in [-0.4, -0.2) is 23.8 Å². The van der Waals surface area contributed by atoms with Crippen molar-refractivity contribution >= 4 is 12.1 Å². The van der Waals surface area contributed by atoms with Gasteiger partial charge in [-0.3, -0.25) is 4.79 Å². The van der Waals surface area contributed by atoms with Gasteiger partial charge in [0.05, 0.1) is 13.3 Å². The van der Waals surface area contributed by atoms with E-state index in [1.54, 1.807) is 42.5 Å². The summed E-state index contributed by atoms with van der Waals surface area (Å²) in [6.07, 6.45) is 1.45. The highest BCUT2D eigenvalue weighted by atomic mass is 19.1. The molecule has 2 aromatic heterocycles. The van der Waals surface area contributed by atoms with Crippen molar-refractivity contribution in [3.05, 3.63) is 131 Å². The predicted octanol–water partition coefficient (Wildman–Crippen LogP) is 6.76. The van der Waals surface area contributed by atoms with E-state index < -0.39 is 5.91 Å². The van der Waals surface area contributed by atoms with Crippen molar-refractivity contribution in [2.24, 2.45) is 5.10 Å². The number of methoxy groups -OCH3 is 1. The Balaban J connectivity index is 1.17. The minimum Gasteiger partial charge on any atom is -0.493 e. The van der Waals surface area contributed by atoms with Crippen molar-refractivity contribution < 1.29 is 27.8 Å². The molecule has 0 saturated heterocycles. The molecule has 8 nitrogen and oxygen atoms in total. The number of nitrogens with zero attached hydrogens (tertiary/aromatic N) is 2. The monoisotopic (exact) mass is 567 g/mol. The van der Waals surface area contributed by atoms with Gasteiger partial charge < -0.3 is 23.2 Å². The first-order valence-corrected chi connectivity index (χ1v) is 13.3. The lowest BCUT2D eigenvalue weighted by Gasteiger charge is -2.13. The zero-order valence-corrected chi connectivity index (χ0v) is 23.5. The molecular weight excluding hydrogens is 537 g/mol. The number of hydrogen-bond acceptors (Lipinski definition) is 6. The molecule has 42 heavy (non-hydrogen) atoms. The lowest BCUT2D eigenvalue weighted by Crippen LogP contribution is -2.17. The minimum atomic E-state index is -0.518. The predicted molar refractivity (Wildman–Crippen MR) is 157 cm³/mol. The van der Waals surface area contributed by atoms with Gasteiger partial charge in [-0.15, -0.1) is 0 Å². The zero-order chi connectivity index (χ0) is 29.5. The Labute approximate surface area is 243 Å². The average molecular weight is 568 g/mol. The van der Waals surface area contributed by atoms with Gasteiger partial charge in [0.15, 0.2) is 17.3 Å². The van der Waals surface area contributed by atoms with Crippen molar-refractivity contribution in [1.29, 1.82) is 0 Å². The molecule has 0 unspecified atom stereocenters. The van der Waals surface area contributed by atoms with Gasteiger partial charge in [-0.1, -0.05) is 18.2 Å². The number of aromatic nitrogens is 1. The van der Waals surface area contributed by atoms with Crippen molar-refractivity contribution in [3.8, 4) is 22.9 Å². The molecule has 0 atom stereocenters. The first-order valence-electron chi connectivity index (χ1n) is 13.3. The number of carbonyl (C=O) groups excluding carboxylic acids is 1. The third-order valence-corrected chi connectivity index (χ3v) is 6.53. The molecule has 0 radical (unpaired) electrons. The summed E-state index contributed by atoms with van der Waals surface area (Å²) in [5, 5.41) is 4.06. The van der Waals surface area contributed by atoms with E-state index in [1.807, 2.05) is 24.3 Å². The highest BCUT2D eigenvalue weighted by Gasteiger charge is 2.13. The number of para-hydroxylation sites is 1. The van der Waals surface area contributed by atoms with Crippen LogP contribution >= 0.6 is 0 Å². The smallest absolute Gasteiger partial charge is 0.307 e. The average Bonchev–Trinajstić information content (AvgIpc) is 3.62. The number of ether oxygens (including phenoxy) is 3. The number of amides is 1. The van der Waals surface area contributed by atoms with E-state index in [2.05, 4.69) is 41.1 Å². The quantitative estimate of drug-likeness (QED) is 0.141. The summed E-state index contributed by atoms with van der Waals surface area (Å²) in [5.41, 5.74) is 7.21. The molecule has 9 heteroatoms. The van der Waals surface area contributed by atoms with E-state index in [0.717, 1.165) is 22.6 Å². The van der Waals surface area contributed by atoms with Crippen LogP contribution in [0.4, 0.5) is 4.39 Å². The third kappa shape index (κ3) is 6.69. The fourth-order valence-electron chi connectivity index (χ4n) is 4.40. The standard InChI is InChI=1S/C33H30FN3O5/c1-22-7-8-23(2)37(22)27-13-15-28(16-14-27)40-21-29-17-18-31(42-29)33(38)36-35-19-25-5-4-6-30(39-3)32(25)41-20-24-9-11-26(34)12-10-24/h4-19H,20-21H2,1-3H3,(H,36,38). The van der Waals surface area contributed by atoms with E-state index in [4.69, 9.17) is 18.6 Å². The van der Waals surface area contributed by atoms with Crippen molar-refractivity contribution in [1.82, 2.24) is 9.99 Å². The van der Waals surface area contributed by atoms with Gasteiger partial charge in [-0.25, -0.2) is 9.82 Å². The van der Waals surface area contributed by atoms with Gasteiger partial charge in [0.2, 0.25) is 0 Å². The number of hydrogen-bond donors (Lipinski definition) is 1. The van der Waals surface area contributed by atoms with E-state index in [-0.39, 0.29) is 24.8 Å². The topological polar surface area (TPSA) is 87.2 Å². The van der Waals surface area contributed by atoms with Crippen LogP contribution in [0.3, 0.4) is 0 Å². The molecule has 0 aliphatic carbocycles. The summed E-state index contributed by atoms with van der Waals surface area (Å²) in [6.45, 7) is 4.49. The molecule has 0 bridgehead atoms. The third-order valence-electron chi connectivity index (χ3n) is 6.53. The number of aryl methyl sites for hydroxylation is 2. The fraction of sp³-hybridized carbons (Fsp3) is 0.152. The van der Waals surface area contributed by atoms with E-state index in [0.29, 0.717) is 28.6 Å². The summed E-state index contributed by atoms with van der Waals surface area (Å²) in [7, 11) is 1.53. The molecule has 5 aromatic rings. The van der Waals surface area contributed by atoms with Crippen LogP contribution < -0.4 is 19.6 Å². The Kier molecular flexibility index (Phi) is 8.67.